The summed E-state index contributed by atoms with van der Waals surface area (Å²) in [4.78, 5) is 11.2. The highest BCUT2D eigenvalue weighted by atomic mass is 16.5. The number of fused-ring (bicyclic) bond motifs is 1. The van der Waals surface area contributed by atoms with Crippen LogP contribution in [0.25, 0.3) is 11.2 Å². The minimum Gasteiger partial charge on any atom is -0.492 e. The summed E-state index contributed by atoms with van der Waals surface area (Å²) >= 11 is 0. The van der Waals surface area contributed by atoms with Gasteiger partial charge in [-0.25, -0.2) is 9.97 Å². The quantitative estimate of drug-likeness (QED) is 0.644. The Hall–Kier alpha value is -2.60. The maximum atomic E-state index is 8.23. The molecule has 0 fully saturated rings. The number of pyridine rings is 1. The van der Waals surface area contributed by atoms with Crippen molar-refractivity contribution >= 4 is 16.9 Å². The van der Waals surface area contributed by atoms with Crippen LogP contribution in [-0.2, 0) is 6.50 Å². The molecule has 0 saturated carbocycles. The van der Waals surface area contributed by atoms with Crippen molar-refractivity contribution in [1.29, 1.82) is 0 Å². The minimum atomic E-state index is -1.75. The molecule has 0 amide bonds. The Bertz CT molecular complexity index is 788. The van der Waals surface area contributed by atoms with Crippen LogP contribution in [0.2, 0.25) is 0 Å². The van der Waals surface area contributed by atoms with E-state index in [9.17, 15) is 0 Å². The van der Waals surface area contributed by atoms with Crippen LogP contribution in [0.5, 0.6) is 5.75 Å². The number of benzene rings is 1. The predicted molar refractivity (Wildman–Crippen MR) is 82.2 cm³/mol. The number of imidazole rings is 1. The van der Waals surface area contributed by atoms with Gasteiger partial charge in [0, 0.05) is 13.0 Å². The summed E-state index contributed by atoms with van der Waals surface area (Å²) in [5.41, 5.74) is 7.78. The summed E-state index contributed by atoms with van der Waals surface area (Å²) in [5, 5.41) is 2.84. The fraction of sp³-hybridized carbons (Fsp3) is 0.200. The monoisotopic (exact) mass is 285 g/mol. The Balaban J connectivity index is 1.77. The van der Waals surface area contributed by atoms with Gasteiger partial charge in [-0.05, 0) is 23.8 Å². The number of anilines is 1. The van der Waals surface area contributed by atoms with Gasteiger partial charge in [0.25, 0.3) is 0 Å². The molecule has 3 rings (SSSR count). The lowest BCUT2D eigenvalue weighted by atomic mass is 10.2. The molecular formula is C15H17N5O. The normalized spacial score (nSPS) is 12.8. The molecule has 0 radical (unpaired) electrons. The first-order valence-electron chi connectivity index (χ1n) is 7.59. The molecule has 4 N–H and O–H groups in total. The molecule has 108 valence electrons. The number of aromatic amines is 1. The Morgan fingerprint density at radius 1 is 1.29 bits per heavy atom. The van der Waals surface area contributed by atoms with Crippen molar-refractivity contribution in [2.75, 3.05) is 18.5 Å². The molecule has 1 aromatic carbocycles. The Morgan fingerprint density at radius 2 is 2.14 bits per heavy atom. The van der Waals surface area contributed by atoms with Gasteiger partial charge in [0.2, 0.25) is 0 Å². The molecule has 0 atom stereocenters. The van der Waals surface area contributed by atoms with E-state index in [2.05, 4.69) is 20.3 Å². The van der Waals surface area contributed by atoms with Crippen molar-refractivity contribution in [2.45, 2.75) is 6.50 Å². The van der Waals surface area contributed by atoms with Gasteiger partial charge in [0.05, 0.1) is 26.5 Å². The Morgan fingerprint density at radius 3 is 2.95 bits per heavy atom. The number of hydrogen-bond acceptors (Lipinski definition) is 5. The summed E-state index contributed by atoms with van der Waals surface area (Å²) in [6.07, 6.45) is 3.11. The lowest BCUT2D eigenvalue weighted by Crippen LogP contribution is -2.10. The number of H-pyrrole nitrogens is 1. The largest absolute Gasteiger partial charge is 0.492 e. The lowest BCUT2D eigenvalue weighted by molar-refractivity contribution is 0.328. The molecule has 6 nitrogen and oxygen atoms in total. The van der Waals surface area contributed by atoms with Gasteiger partial charge < -0.3 is 20.8 Å². The average Bonchev–Trinajstić information content (AvgIpc) is 3.00. The molecule has 21 heavy (non-hydrogen) atoms. The third-order valence-electron chi connectivity index (χ3n) is 2.87. The van der Waals surface area contributed by atoms with Gasteiger partial charge in [-0.1, -0.05) is 12.1 Å². The summed E-state index contributed by atoms with van der Waals surface area (Å²) in [6.45, 7) is -0.880. The van der Waals surface area contributed by atoms with Crippen molar-refractivity contribution in [3.63, 3.8) is 0 Å². The number of hydrogen-bond donors (Lipinski definition) is 3. The third kappa shape index (κ3) is 3.29. The molecule has 0 aliphatic carbocycles. The van der Waals surface area contributed by atoms with E-state index in [1.807, 2.05) is 0 Å². The molecule has 0 unspecified atom stereocenters. The van der Waals surface area contributed by atoms with Crippen LogP contribution in [0.4, 0.5) is 5.69 Å². The van der Waals surface area contributed by atoms with E-state index in [1.165, 1.54) is 0 Å². The fourth-order valence-corrected chi connectivity index (χ4v) is 1.85. The molecule has 0 aliphatic rings. The average molecular weight is 285 g/mol. The Labute approximate surface area is 125 Å². The summed E-state index contributed by atoms with van der Waals surface area (Å²) in [5.74, 6) is 0.663. The smallest absolute Gasteiger partial charge is 0.177 e. The fourth-order valence-electron chi connectivity index (χ4n) is 1.85. The highest BCUT2D eigenvalue weighted by Crippen LogP contribution is 2.16. The first-order valence-corrected chi connectivity index (χ1v) is 6.59. The highest BCUT2D eigenvalue weighted by Gasteiger charge is 2.00. The van der Waals surface area contributed by atoms with Crippen LogP contribution in [0.1, 0.15) is 8.30 Å². The lowest BCUT2D eigenvalue weighted by Gasteiger charge is -2.08. The van der Waals surface area contributed by atoms with E-state index < -0.39 is 6.50 Å². The van der Waals surface area contributed by atoms with Crippen molar-refractivity contribution in [3.8, 4) is 5.75 Å². The molecule has 2 aromatic heterocycles. The maximum absolute atomic E-state index is 8.23. The zero-order chi connectivity index (χ0) is 16.3. The number of nitrogens with two attached hydrogens (primary N) is 1. The molecular weight excluding hydrogens is 266 g/mol. The van der Waals surface area contributed by atoms with Crippen LogP contribution in [0, 0.1) is 0 Å². The van der Waals surface area contributed by atoms with Gasteiger partial charge in [-0.15, -0.1) is 0 Å². The van der Waals surface area contributed by atoms with E-state index >= 15 is 0 Å². The SMILES string of the molecule is [2H]C([2H])(Nc1cnc2nc[nH]c2c1)c1ccc(OCCN)cc1. The second-order valence-electron chi connectivity index (χ2n) is 4.41. The zero-order valence-electron chi connectivity index (χ0n) is 13.3. The van der Waals surface area contributed by atoms with E-state index in [0.717, 1.165) is 5.52 Å². The highest BCUT2D eigenvalue weighted by molar-refractivity contribution is 5.73. The third-order valence-corrected chi connectivity index (χ3v) is 2.87. The second-order valence-corrected chi connectivity index (χ2v) is 4.41. The van der Waals surface area contributed by atoms with Crippen LogP contribution in [0.3, 0.4) is 0 Å². The minimum absolute atomic E-state index is 0.431. The summed E-state index contributed by atoms with van der Waals surface area (Å²) < 4.78 is 21.8. The molecule has 0 aliphatic heterocycles. The first kappa shape index (κ1) is 11.1. The predicted octanol–water partition coefficient (Wildman–Crippen LogP) is 1.91. The van der Waals surface area contributed by atoms with Crippen molar-refractivity contribution in [2.24, 2.45) is 5.73 Å². The zero-order valence-corrected chi connectivity index (χ0v) is 11.3. The van der Waals surface area contributed by atoms with Crippen LogP contribution in [0.15, 0.2) is 42.9 Å². The molecule has 0 spiro atoms. The molecule has 0 bridgehead atoms. The van der Waals surface area contributed by atoms with E-state index in [4.69, 9.17) is 13.2 Å². The summed E-state index contributed by atoms with van der Waals surface area (Å²) in [7, 11) is 0. The number of nitrogens with zero attached hydrogens (tertiary/aromatic N) is 2. The molecule has 3 aromatic rings. The Kier molecular flexibility index (Phi) is 3.30. The molecule has 0 saturated heterocycles. The molecule has 2 heterocycles. The van der Waals surface area contributed by atoms with Crippen LogP contribution in [-0.4, -0.2) is 28.1 Å². The molecule has 6 heteroatoms. The van der Waals surface area contributed by atoms with E-state index in [-0.39, 0.29) is 0 Å². The number of nitrogens with one attached hydrogen (secondary N) is 2. The van der Waals surface area contributed by atoms with Gasteiger partial charge >= 0.3 is 0 Å². The standard InChI is InChI=1S/C15H17N5O/c16-5-6-21-13-3-1-11(2-4-13)8-17-12-7-14-15(18-9-12)20-10-19-14/h1-4,7,9-10,17H,5-6,8,16H2,(H,18,19,20)/i8D2. The van der Waals surface area contributed by atoms with Crippen molar-refractivity contribution < 1.29 is 7.48 Å². The van der Waals surface area contributed by atoms with Crippen molar-refractivity contribution in [3.05, 3.63) is 48.4 Å². The number of ether oxygens (including phenoxy) is 1. The van der Waals surface area contributed by atoms with Crippen molar-refractivity contribution in [1.82, 2.24) is 15.0 Å². The van der Waals surface area contributed by atoms with Gasteiger partial charge in [-0.2, -0.15) is 0 Å². The van der Waals surface area contributed by atoms with Gasteiger partial charge in [-0.3, -0.25) is 0 Å². The summed E-state index contributed by atoms with van der Waals surface area (Å²) in [6, 6.07) is 8.58. The number of aromatic nitrogens is 3. The van der Waals surface area contributed by atoms with E-state index in [1.54, 1.807) is 42.9 Å². The van der Waals surface area contributed by atoms with Gasteiger partial charge in [0.15, 0.2) is 5.65 Å². The van der Waals surface area contributed by atoms with E-state index in [0.29, 0.717) is 35.8 Å². The van der Waals surface area contributed by atoms with Crippen LogP contribution >= 0.6 is 0 Å². The second kappa shape index (κ2) is 6.23. The topological polar surface area (TPSA) is 88.8 Å². The van der Waals surface area contributed by atoms with Gasteiger partial charge in [0.1, 0.15) is 12.4 Å². The van der Waals surface area contributed by atoms with Crippen LogP contribution < -0.4 is 15.8 Å². The maximum Gasteiger partial charge on any atom is 0.177 e. The number of rotatable bonds is 6. The first-order chi connectivity index (χ1) is 11.1.